The van der Waals surface area contributed by atoms with Crippen LogP contribution in [-0.2, 0) is 6.54 Å². The Bertz CT molecular complexity index is 796. The molecule has 0 amide bonds. The first-order valence-electron chi connectivity index (χ1n) is 8.37. The number of anilines is 1. The maximum atomic E-state index is 4.73. The highest BCUT2D eigenvalue weighted by Crippen LogP contribution is 2.28. The van der Waals surface area contributed by atoms with Gasteiger partial charge in [-0.05, 0) is 25.8 Å². The van der Waals surface area contributed by atoms with Gasteiger partial charge in [-0.25, -0.2) is 4.98 Å². The first kappa shape index (κ1) is 14.2. The topological polar surface area (TPSA) is 71.4 Å². The molecule has 1 aliphatic carbocycles. The molecule has 1 saturated carbocycles. The molecule has 1 aliphatic rings. The van der Waals surface area contributed by atoms with Gasteiger partial charge >= 0.3 is 0 Å². The molecule has 23 heavy (non-hydrogen) atoms. The van der Waals surface area contributed by atoms with Crippen LogP contribution >= 0.6 is 0 Å². The van der Waals surface area contributed by atoms with Crippen molar-refractivity contribution in [3.05, 3.63) is 35.9 Å². The summed E-state index contributed by atoms with van der Waals surface area (Å²) in [6.07, 6.45) is 12.4. The van der Waals surface area contributed by atoms with E-state index in [0.29, 0.717) is 6.04 Å². The molecule has 120 valence electrons. The van der Waals surface area contributed by atoms with Gasteiger partial charge in [-0.15, -0.1) is 0 Å². The SMILES string of the molecule is Cc1nn(C2CCCCC2)cc1CNc1cnc2[nH]ncc2c1. The van der Waals surface area contributed by atoms with Crippen molar-refractivity contribution in [3.8, 4) is 0 Å². The summed E-state index contributed by atoms with van der Waals surface area (Å²) in [4.78, 5) is 4.35. The average molecular weight is 310 g/mol. The maximum absolute atomic E-state index is 4.73. The summed E-state index contributed by atoms with van der Waals surface area (Å²) in [5.74, 6) is 0. The number of H-pyrrole nitrogens is 1. The van der Waals surface area contributed by atoms with Crippen LogP contribution in [-0.4, -0.2) is 25.0 Å². The fourth-order valence-electron chi connectivity index (χ4n) is 3.36. The molecule has 2 N–H and O–H groups in total. The van der Waals surface area contributed by atoms with E-state index in [2.05, 4.69) is 44.4 Å². The maximum Gasteiger partial charge on any atom is 0.155 e. The zero-order valence-corrected chi connectivity index (χ0v) is 13.4. The number of rotatable bonds is 4. The molecule has 6 nitrogen and oxygen atoms in total. The van der Waals surface area contributed by atoms with Crippen LogP contribution in [0, 0.1) is 6.92 Å². The Kier molecular flexibility index (Phi) is 3.73. The molecule has 0 saturated heterocycles. The molecule has 6 heteroatoms. The van der Waals surface area contributed by atoms with E-state index in [9.17, 15) is 0 Å². The summed E-state index contributed by atoms with van der Waals surface area (Å²) in [5.41, 5.74) is 4.18. The molecule has 0 atom stereocenters. The molecule has 0 aromatic carbocycles. The number of nitrogens with zero attached hydrogens (tertiary/aromatic N) is 4. The van der Waals surface area contributed by atoms with Gasteiger partial charge in [0.05, 0.1) is 29.8 Å². The summed E-state index contributed by atoms with van der Waals surface area (Å²) < 4.78 is 2.18. The number of nitrogens with one attached hydrogen (secondary N) is 2. The van der Waals surface area contributed by atoms with E-state index in [1.165, 1.54) is 37.7 Å². The fraction of sp³-hybridized carbons (Fsp3) is 0.471. The first-order chi connectivity index (χ1) is 11.3. The average Bonchev–Trinajstić information content (AvgIpc) is 3.19. The standard InChI is InChI=1S/C17H22N6/c1-12-14(11-23(22-12)16-5-3-2-4-6-16)8-18-15-7-13-9-20-21-17(13)19-10-15/h7,9-11,16,18H,2-6,8H2,1H3,(H,19,20,21). The Morgan fingerprint density at radius 2 is 2.13 bits per heavy atom. The first-order valence-corrected chi connectivity index (χ1v) is 8.37. The summed E-state index contributed by atoms with van der Waals surface area (Å²) in [6.45, 7) is 2.86. The summed E-state index contributed by atoms with van der Waals surface area (Å²) in [7, 11) is 0. The van der Waals surface area contributed by atoms with Crippen molar-refractivity contribution in [2.45, 2.75) is 51.6 Å². The zero-order valence-electron chi connectivity index (χ0n) is 13.4. The summed E-state index contributed by atoms with van der Waals surface area (Å²) in [6, 6.07) is 2.65. The fourth-order valence-corrected chi connectivity index (χ4v) is 3.36. The van der Waals surface area contributed by atoms with Gasteiger partial charge in [0.2, 0.25) is 0 Å². The van der Waals surface area contributed by atoms with Crippen molar-refractivity contribution in [3.63, 3.8) is 0 Å². The molecule has 3 aromatic heterocycles. The summed E-state index contributed by atoms with van der Waals surface area (Å²) in [5, 5.41) is 16.1. The van der Waals surface area contributed by atoms with Gasteiger partial charge < -0.3 is 5.32 Å². The monoisotopic (exact) mass is 310 g/mol. The molecule has 3 aromatic rings. The predicted octanol–water partition coefficient (Wildman–Crippen LogP) is 3.58. The number of aromatic amines is 1. The van der Waals surface area contributed by atoms with E-state index in [4.69, 9.17) is 5.10 Å². The Labute approximate surface area is 135 Å². The van der Waals surface area contributed by atoms with Gasteiger partial charge in [0, 0.05) is 23.7 Å². The van der Waals surface area contributed by atoms with Gasteiger partial charge in [-0.1, -0.05) is 19.3 Å². The van der Waals surface area contributed by atoms with E-state index in [1.807, 2.05) is 6.20 Å². The van der Waals surface area contributed by atoms with E-state index in [0.717, 1.165) is 29.0 Å². The number of aromatic nitrogens is 5. The van der Waals surface area contributed by atoms with Crippen LogP contribution in [0.5, 0.6) is 0 Å². The molecule has 0 aliphatic heterocycles. The largest absolute Gasteiger partial charge is 0.380 e. The molecule has 3 heterocycles. The van der Waals surface area contributed by atoms with E-state index < -0.39 is 0 Å². The number of aryl methyl sites for hydroxylation is 1. The lowest BCUT2D eigenvalue weighted by Gasteiger charge is -2.21. The second-order valence-electron chi connectivity index (χ2n) is 6.40. The van der Waals surface area contributed by atoms with Crippen molar-refractivity contribution in [1.82, 2.24) is 25.0 Å². The van der Waals surface area contributed by atoms with Crippen LogP contribution in [0.2, 0.25) is 0 Å². The lowest BCUT2D eigenvalue weighted by atomic mass is 9.96. The highest BCUT2D eigenvalue weighted by atomic mass is 15.3. The second kappa shape index (κ2) is 6.02. The molecule has 0 unspecified atom stereocenters. The third kappa shape index (κ3) is 2.93. The van der Waals surface area contributed by atoms with Crippen molar-refractivity contribution in [1.29, 1.82) is 0 Å². The number of pyridine rings is 1. The quantitative estimate of drug-likeness (QED) is 0.772. The Balaban J connectivity index is 1.46. The molecule has 0 radical (unpaired) electrons. The molecule has 1 fully saturated rings. The van der Waals surface area contributed by atoms with Crippen LogP contribution in [0.4, 0.5) is 5.69 Å². The Hall–Kier alpha value is -2.37. The normalized spacial score (nSPS) is 16.0. The van der Waals surface area contributed by atoms with Crippen LogP contribution in [0.25, 0.3) is 11.0 Å². The van der Waals surface area contributed by atoms with Crippen molar-refractivity contribution < 1.29 is 0 Å². The van der Waals surface area contributed by atoms with Crippen molar-refractivity contribution >= 4 is 16.7 Å². The third-order valence-corrected chi connectivity index (χ3v) is 4.74. The second-order valence-corrected chi connectivity index (χ2v) is 6.40. The number of hydrogen-bond acceptors (Lipinski definition) is 4. The highest BCUT2D eigenvalue weighted by Gasteiger charge is 2.17. The molecule has 4 rings (SSSR count). The zero-order chi connectivity index (χ0) is 15.6. The molecular formula is C17H22N6. The van der Waals surface area contributed by atoms with Gasteiger partial charge in [0.1, 0.15) is 0 Å². The van der Waals surface area contributed by atoms with Crippen molar-refractivity contribution in [2.24, 2.45) is 0 Å². The van der Waals surface area contributed by atoms with E-state index in [-0.39, 0.29) is 0 Å². The minimum atomic E-state index is 0.583. The minimum absolute atomic E-state index is 0.583. The number of hydrogen-bond donors (Lipinski definition) is 2. The van der Waals surface area contributed by atoms with Gasteiger partial charge in [0.15, 0.2) is 5.65 Å². The lowest BCUT2D eigenvalue weighted by Crippen LogP contribution is -2.13. The van der Waals surface area contributed by atoms with Gasteiger partial charge in [-0.3, -0.25) is 9.78 Å². The predicted molar refractivity (Wildman–Crippen MR) is 90.3 cm³/mol. The Morgan fingerprint density at radius 3 is 3.00 bits per heavy atom. The van der Waals surface area contributed by atoms with Crippen LogP contribution in [0.3, 0.4) is 0 Å². The smallest absolute Gasteiger partial charge is 0.155 e. The van der Waals surface area contributed by atoms with Crippen molar-refractivity contribution in [2.75, 3.05) is 5.32 Å². The molecule has 0 spiro atoms. The van der Waals surface area contributed by atoms with E-state index >= 15 is 0 Å². The van der Waals surface area contributed by atoms with Gasteiger partial charge in [0.25, 0.3) is 0 Å². The van der Waals surface area contributed by atoms with Crippen LogP contribution in [0.1, 0.15) is 49.4 Å². The highest BCUT2D eigenvalue weighted by molar-refractivity contribution is 5.77. The molecular weight excluding hydrogens is 288 g/mol. The minimum Gasteiger partial charge on any atom is -0.380 e. The molecule has 0 bridgehead atoms. The Morgan fingerprint density at radius 1 is 1.26 bits per heavy atom. The summed E-state index contributed by atoms with van der Waals surface area (Å²) >= 11 is 0. The lowest BCUT2D eigenvalue weighted by molar-refractivity contribution is 0.328. The third-order valence-electron chi connectivity index (χ3n) is 4.74. The van der Waals surface area contributed by atoms with E-state index in [1.54, 1.807) is 6.20 Å². The van der Waals surface area contributed by atoms with Crippen LogP contribution < -0.4 is 5.32 Å². The van der Waals surface area contributed by atoms with Gasteiger partial charge in [-0.2, -0.15) is 10.2 Å². The van der Waals surface area contributed by atoms with Crippen LogP contribution in [0.15, 0.2) is 24.7 Å². The number of fused-ring (bicyclic) bond motifs is 1.